The largest absolute Gasteiger partial charge is 0.416 e. The maximum atomic E-state index is 12.7. The van der Waals surface area contributed by atoms with Gasteiger partial charge in [0.25, 0.3) is 0 Å². The molecule has 0 aliphatic carbocycles. The van der Waals surface area contributed by atoms with Gasteiger partial charge < -0.3 is 5.32 Å². The number of alkyl halides is 3. The van der Waals surface area contributed by atoms with E-state index in [9.17, 15) is 13.2 Å². The van der Waals surface area contributed by atoms with Crippen LogP contribution in [0.15, 0.2) is 46.9 Å². The zero-order chi connectivity index (χ0) is 14.8. The van der Waals surface area contributed by atoms with E-state index in [1.807, 2.05) is 24.3 Å². The number of hydrogen-bond acceptors (Lipinski definition) is 1. The topological polar surface area (TPSA) is 12.0 Å². The Labute approximate surface area is 136 Å². The highest BCUT2D eigenvalue weighted by molar-refractivity contribution is 14.1. The van der Waals surface area contributed by atoms with Crippen molar-refractivity contribution in [2.45, 2.75) is 12.7 Å². The molecule has 0 saturated carbocycles. The quantitative estimate of drug-likeness (QED) is 0.586. The summed E-state index contributed by atoms with van der Waals surface area (Å²) in [5, 5.41) is 3.01. The first-order valence-corrected chi connectivity index (χ1v) is 7.58. The Morgan fingerprint density at radius 1 is 1.05 bits per heavy atom. The van der Waals surface area contributed by atoms with Crippen molar-refractivity contribution in [3.05, 3.63) is 61.6 Å². The van der Waals surface area contributed by atoms with E-state index >= 15 is 0 Å². The Morgan fingerprint density at radius 3 is 2.30 bits per heavy atom. The van der Waals surface area contributed by atoms with Crippen LogP contribution < -0.4 is 5.32 Å². The van der Waals surface area contributed by atoms with E-state index in [2.05, 4.69) is 43.8 Å². The molecule has 6 heteroatoms. The predicted octanol–water partition coefficient (Wildman–Crippen LogP) is 5.68. The van der Waals surface area contributed by atoms with Crippen LogP contribution in [0.1, 0.15) is 11.1 Å². The van der Waals surface area contributed by atoms with Crippen molar-refractivity contribution in [1.82, 2.24) is 0 Å². The van der Waals surface area contributed by atoms with Gasteiger partial charge in [-0.2, -0.15) is 13.2 Å². The summed E-state index contributed by atoms with van der Waals surface area (Å²) in [5.74, 6) is 0. The van der Waals surface area contributed by atoms with E-state index in [1.165, 1.54) is 6.07 Å². The molecule has 20 heavy (non-hydrogen) atoms. The van der Waals surface area contributed by atoms with Crippen LogP contribution in [0.25, 0.3) is 0 Å². The van der Waals surface area contributed by atoms with Crippen LogP contribution in [0, 0.1) is 3.57 Å². The van der Waals surface area contributed by atoms with Gasteiger partial charge in [0, 0.05) is 20.3 Å². The molecule has 0 aliphatic heterocycles. The predicted molar refractivity (Wildman–Crippen MR) is 85.6 cm³/mol. The van der Waals surface area contributed by atoms with Gasteiger partial charge in [-0.05, 0) is 74.4 Å². The zero-order valence-corrected chi connectivity index (χ0v) is 13.9. The molecule has 0 aliphatic rings. The van der Waals surface area contributed by atoms with Crippen molar-refractivity contribution in [2.24, 2.45) is 0 Å². The average molecular weight is 456 g/mol. The molecular weight excluding hydrogens is 446 g/mol. The first-order chi connectivity index (χ1) is 9.36. The second kappa shape index (κ2) is 6.34. The lowest BCUT2D eigenvalue weighted by atomic mass is 10.2. The van der Waals surface area contributed by atoms with Gasteiger partial charge in [0.1, 0.15) is 0 Å². The third-order valence-electron chi connectivity index (χ3n) is 2.69. The molecule has 1 nitrogen and oxygen atoms in total. The van der Waals surface area contributed by atoms with Crippen LogP contribution in [0.4, 0.5) is 18.9 Å². The molecule has 0 amide bonds. The fraction of sp³-hybridized carbons (Fsp3) is 0.143. The highest BCUT2D eigenvalue weighted by atomic mass is 127. The number of anilines is 1. The fourth-order valence-corrected chi connectivity index (χ4v) is 2.38. The standard InChI is InChI=1S/C14H10BrF3IN/c15-12-6-3-10(14(16,17)18)7-13(12)20-8-9-1-4-11(19)5-2-9/h1-7,20H,8H2. The summed E-state index contributed by atoms with van der Waals surface area (Å²) in [6, 6.07) is 11.4. The summed E-state index contributed by atoms with van der Waals surface area (Å²) < 4.78 is 39.7. The minimum absolute atomic E-state index is 0.429. The summed E-state index contributed by atoms with van der Waals surface area (Å²) in [6.45, 7) is 0.469. The van der Waals surface area contributed by atoms with Crippen LogP contribution in [-0.4, -0.2) is 0 Å². The summed E-state index contributed by atoms with van der Waals surface area (Å²) >= 11 is 5.45. The molecule has 0 heterocycles. The first kappa shape index (κ1) is 15.6. The Bertz CT molecular complexity index is 596. The van der Waals surface area contributed by atoms with Crippen molar-refractivity contribution >= 4 is 44.2 Å². The van der Waals surface area contributed by atoms with Crippen molar-refractivity contribution in [3.8, 4) is 0 Å². The van der Waals surface area contributed by atoms with Gasteiger partial charge in [-0.25, -0.2) is 0 Å². The Morgan fingerprint density at radius 2 is 1.70 bits per heavy atom. The molecule has 0 saturated heterocycles. The third kappa shape index (κ3) is 4.12. The molecule has 2 rings (SSSR count). The molecule has 0 fully saturated rings. The molecule has 0 atom stereocenters. The molecule has 0 aromatic heterocycles. The van der Waals surface area contributed by atoms with Crippen LogP contribution >= 0.6 is 38.5 Å². The summed E-state index contributed by atoms with van der Waals surface area (Å²) in [5.41, 5.74) is 0.777. The number of halogens is 5. The van der Waals surface area contributed by atoms with Gasteiger partial charge in [-0.1, -0.05) is 12.1 Å². The van der Waals surface area contributed by atoms with Gasteiger partial charge in [0.2, 0.25) is 0 Å². The van der Waals surface area contributed by atoms with Crippen molar-refractivity contribution < 1.29 is 13.2 Å². The third-order valence-corrected chi connectivity index (χ3v) is 4.10. The minimum atomic E-state index is -4.33. The molecule has 2 aromatic rings. The zero-order valence-electron chi connectivity index (χ0n) is 10.1. The van der Waals surface area contributed by atoms with E-state index < -0.39 is 11.7 Å². The monoisotopic (exact) mass is 455 g/mol. The minimum Gasteiger partial charge on any atom is -0.380 e. The number of benzene rings is 2. The van der Waals surface area contributed by atoms with E-state index in [-0.39, 0.29) is 0 Å². The van der Waals surface area contributed by atoms with Crippen LogP contribution in [0.5, 0.6) is 0 Å². The molecule has 1 N–H and O–H groups in total. The van der Waals surface area contributed by atoms with Gasteiger partial charge >= 0.3 is 6.18 Å². The van der Waals surface area contributed by atoms with Gasteiger partial charge in [0.05, 0.1) is 5.56 Å². The van der Waals surface area contributed by atoms with E-state index in [0.29, 0.717) is 16.7 Å². The maximum absolute atomic E-state index is 12.7. The van der Waals surface area contributed by atoms with Crippen molar-refractivity contribution in [3.63, 3.8) is 0 Å². The molecule has 0 bridgehead atoms. The van der Waals surface area contributed by atoms with Crippen LogP contribution in [0.2, 0.25) is 0 Å². The number of hydrogen-bond donors (Lipinski definition) is 1. The van der Waals surface area contributed by atoms with Crippen molar-refractivity contribution in [2.75, 3.05) is 5.32 Å². The van der Waals surface area contributed by atoms with E-state index in [0.717, 1.165) is 21.3 Å². The fourth-order valence-electron chi connectivity index (χ4n) is 1.64. The molecule has 0 spiro atoms. The highest BCUT2D eigenvalue weighted by Gasteiger charge is 2.30. The van der Waals surface area contributed by atoms with E-state index in [1.54, 1.807) is 0 Å². The second-order valence-corrected chi connectivity index (χ2v) is 6.27. The summed E-state index contributed by atoms with van der Waals surface area (Å²) in [6.07, 6.45) is -4.33. The smallest absolute Gasteiger partial charge is 0.380 e. The highest BCUT2D eigenvalue weighted by Crippen LogP contribution is 2.34. The Hall–Kier alpha value is -0.760. The van der Waals surface area contributed by atoms with Crippen molar-refractivity contribution in [1.29, 1.82) is 0 Å². The second-order valence-electron chi connectivity index (χ2n) is 4.17. The van der Waals surface area contributed by atoms with Crippen LogP contribution in [-0.2, 0) is 12.7 Å². The summed E-state index contributed by atoms with van der Waals surface area (Å²) in [7, 11) is 0. The lowest BCUT2D eigenvalue weighted by molar-refractivity contribution is -0.137. The molecular formula is C14H10BrF3IN. The Balaban J connectivity index is 2.14. The lowest BCUT2D eigenvalue weighted by Crippen LogP contribution is -2.07. The van der Waals surface area contributed by atoms with Crippen LogP contribution in [0.3, 0.4) is 0 Å². The first-order valence-electron chi connectivity index (χ1n) is 5.71. The summed E-state index contributed by atoms with van der Waals surface area (Å²) in [4.78, 5) is 0. The Kier molecular flexibility index (Phi) is 4.95. The SMILES string of the molecule is FC(F)(F)c1ccc(Br)c(NCc2ccc(I)cc2)c1. The molecule has 0 radical (unpaired) electrons. The number of rotatable bonds is 3. The molecule has 0 unspecified atom stereocenters. The molecule has 106 valence electrons. The van der Waals surface area contributed by atoms with Gasteiger partial charge in [0.15, 0.2) is 0 Å². The van der Waals surface area contributed by atoms with E-state index in [4.69, 9.17) is 0 Å². The lowest BCUT2D eigenvalue weighted by Gasteiger charge is -2.12. The number of nitrogens with one attached hydrogen (secondary N) is 1. The average Bonchev–Trinajstić information content (AvgIpc) is 2.38. The maximum Gasteiger partial charge on any atom is 0.416 e. The normalized spacial score (nSPS) is 11.4. The van der Waals surface area contributed by atoms with Gasteiger partial charge in [-0.3, -0.25) is 0 Å². The van der Waals surface area contributed by atoms with Gasteiger partial charge in [-0.15, -0.1) is 0 Å². The molecule has 2 aromatic carbocycles.